The highest BCUT2D eigenvalue weighted by Gasteiger charge is 2.71. The van der Waals surface area contributed by atoms with E-state index in [0.29, 0.717) is 50.0 Å². The normalized spacial score (nSPS) is 47.9. The summed E-state index contributed by atoms with van der Waals surface area (Å²) in [5.74, 6) is 0.375. The van der Waals surface area contributed by atoms with Crippen LogP contribution in [-0.4, -0.2) is 55.5 Å². The van der Waals surface area contributed by atoms with Gasteiger partial charge in [-0.2, -0.15) is 0 Å². The minimum Gasteiger partial charge on any atom is -0.481 e. The lowest BCUT2D eigenvalue weighted by Gasteiger charge is -2.71. The summed E-state index contributed by atoms with van der Waals surface area (Å²) < 4.78 is 12.9. The lowest BCUT2D eigenvalue weighted by Crippen LogP contribution is -2.71. The van der Waals surface area contributed by atoms with E-state index >= 15 is 0 Å². The van der Waals surface area contributed by atoms with Gasteiger partial charge in [-0.3, -0.25) is 9.59 Å². The lowest BCUT2D eigenvalue weighted by atomic mass is 9.34. The number of nitrogens with two attached hydrogens (primary N) is 1. The number of nitrogens with one attached hydrogen (secondary N) is 1. The second-order valence-corrected chi connectivity index (χ2v) is 15.9. The predicted octanol–water partition coefficient (Wildman–Crippen LogP) is 5.42. The van der Waals surface area contributed by atoms with Gasteiger partial charge in [0.05, 0.1) is 37.9 Å². The van der Waals surface area contributed by atoms with E-state index in [1.165, 1.54) is 5.57 Å². The smallest absolute Gasteiger partial charge is 0.307 e. The molecule has 0 spiro atoms. The maximum atomic E-state index is 13.3. The fraction of sp³-hybridized carbons (Fsp3) is 0.882. The summed E-state index contributed by atoms with van der Waals surface area (Å²) in [6, 6.07) is -0.113. The van der Waals surface area contributed by atoms with Gasteiger partial charge in [0.1, 0.15) is 0 Å². The van der Waals surface area contributed by atoms with Crippen LogP contribution in [0.15, 0.2) is 11.6 Å². The highest BCUT2D eigenvalue weighted by atomic mass is 16.5. The molecule has 5 rings (SSSR count). The SMILES string of the molecule is CC(=O)N[C@@H]1C[C@@]23COCC(C)(C1OCCN)[C@@H]2CC[C@H]1C3=CC[C@@]2(C)[C@H](C(=O)O)[C@@](C)([C@H](C)C(C)C)CC[C@]12C. The van der Waals surface area contributed by atoms with Gasteiger partial charge in [0.2, 0.25) is 5.91 Å². The Morgan fingerprint density at radius 1 is 1.12 bits per heavy atom. The van der Waals surface area contributed by atoms with E-state index in [1.807, 2.05) is 0 Å². The average molecular weight is 573 g/mol. The number of carboxylic acids is 1. The number of rotatable bonds is 7. The van der Waals surface area contributed by atoms with E-state index in [2.05, 4.69) is 59.9 Å². The minimum absolute atomic E-state index is 0.0338. The quantitative estimate of drug-likeness (QED) is 0.351. The number of hydrogen-bond donors (Lipinski definition) is 3. The second-order valence-electron chi connectivity index (χ2n) is 15.9. The monoisotopic (exact) mass is 572 g/mol. The lowest BCUT2D eigenvalue weighted by molar-refractivity contribution is -0.243. The van der Waals surface area contributed by atoms with Crippen LogP contribution in [0.2, 0.25) is 0 Å². The van der Waals surface area contributed by atoms with Gasteiger partial charge in [0.25, 0.3) is 0 Å². The minimum atomic E-state index is -0.631. The van der Waals surface area contributed by atoms with Crippen molar-refractivity contribution in [3.8, 4) is 0 Å². The van der Waals surface area contributed by atoms with E-state index in [9.17, 15) is 14.7 Å². The Morgan fingerprint density at radius 3 is 2.44 bits per heavy atom. The van der Waals surface area contributed by atoms with Gasteiger partial charge >= 0.3 is 5.97 Å². The third-order valence-electron chi connectivity index (χ3n) is 13.9. The Labute approximate surface area is 247 Å². The summed E-state index contributed by atoms with van der Waals surface area (Å²) in [7, 11) is 0. The highest BCUT2D eigenvalue weighted by molar-refractivity contribution is 5.74. The number of allylic oxidation sites excluding steroid dienone is 1. The zero-order valence-electron chi connectivity index (χ0n) is 26.8. The van der Waals surface area contributed by atoms with Crippen LogP contribution in [-0.2, 0) is 19.1 Å². The first-order chi connectivity index (χ1) is 19.1. The number of carbonyl (C=O) groups excluding carboxylic acids is 1. The van der Waals surface area contributed by atoms with Crippen molar-refractivity contribution in [2.45, 2.75) is 106 Å². The Balaban J connectivity index is 1.60. The van der Waals surface area contributed by atoms with Gasteiger partial charge in [-0.25, -0.2) is 0 Å². The molecule has 0 radical (unpaired) electrons. The number of carbonyl (C=O) groups is 2. The molecule has 7 heteroatoms. The van der Waals surface area contributed by atoms with Crippen LogP contribution >= 0.6 is 0 Å². The number of hydrogen-bond acceptors (Lipinski definition) is 5. The number of aliphatic carboxylic acids is 1. The Bertz CT molecular complexity index is 1090. The molecule has 1 amide bonds. The van der Waals surface area contributed by atoms with Crippen LogP contribution in [0.4, 0.5) is 0 Å². The zero-order valence-corrected chi connectivity index (χ0v) is 26.8. The summed E-state index contributed by atoms with van der Waals surface area (Å²) in [5, 5.41) is 14.2. The Morgan fingerprint density at radius 2 is 1.83 bits per heavy atom. The van der Waals surface area contributed by atoms with Gasteiger partial charge < -0.3 is 25.6 Å². The molecule has 3 saturated carbocycles. The first-order valence-electron chi connectivity index (χ1n) is 16.2. The van der Waals surface area contributed by atoms with E-state index in [4.69, 9.17) is 15.2 Å². The van der Waals surface area contributed by atoms with Crippen molar-refractivity contribution in [3.05, 3.63) is 11.6 Å². The molecule has 4 N–H and O–H groups in total. The molecule has 4 aliphatic carbocycles. The molecule has 1 heterocycles. The number of amides is 1. The van der Waals surface area contributed by atoms with E-state index in [0.717, 1.165) is 38.5 Å². The molecule has 5 aliphatic rings. The molecule has 0 aromatic carbocycles. The van der Waals surface area contributed by atoms with Gasteiger partial charge in [-0.15, -0.1) is 0 Å². The molecule has 41 heavy (non-hydrogen) atoms. The molecule has 4 fully saturated rings. The van der Waals surface area contributed by atoms with Crippen molar-refractivity contribution < 1.29 is 24.2 Å². The highest BCUT2D eigenvalue weighted by Crippen LogP contribution is 2.74. The first kappa shape index (κ1) is 31.0. The summed E-state index contributed by atoms with van der Waals surface area (Å²) in [5.41, 5.74) is 6.20. The van der Waals surface area contributed by atoms with Gasteiger partial charge in [-0.1, -0.05) is 60.1 Å². The summed E-state index contributed by atoms with van der Waals surface area (Å²) in [4.78, 5) is 25.7. The Hall–Kier alpha value is -1.44. The number of ether oxygens (including phenoxy) is 2. The molecule has 2 bridgehead atoms. The molecule has 1 saturated heterocycles. The van der Waals surface area contributed by atoms with Crippen LogP contribution in [0.3, 0.4) is 0 Å². The maximum Gasteiger partial charge on any atom is 0.307 e. The summed E-state index contributed by atoms with van der Waals surface area (Å²) in [6.07, 6.45) is 7.99. The van der Waals surface area contributed by atoms with Crippen molar-refractivity contribution >= 4 is 11.9 Å². The van der Waals surface area contributed by atoms with Gasteiger partial charge in [0.15, 0.2) is 0 Å². The average Bonchev–Trinajstić information content (AvgIpc) is 2.88. The fourth-order valence-corrected chi connectivity index (χ4v) is 11.5. The standard InChI is InChI=1S/C34H56N2O5/c1-20(2)21(3)30(5)13-14-32(7)23-9-10-26-31(6)18-40-19-34(26,17-25(36-22(4)37)28(31)41-16-15-35)24(23)11-12-33(32,8)27(30)29(38)39/h11,20-21,23,25-28H,9-10,12-19,35H2,1-8H3,(H,36,37)(H,38,39)/t21-,23+,25-,26+,27-,28?,30-,31?,32-,33+,34+/m1/s1. The zero-order chi connectivity index (χ0) is 30.2. The predicted molar refractivity (Wildman–Crippen MR) is 160 cm³/mol. The van der Waals surface area contributed by atoms with E-state index in [-0.39, 0.29) is 45.1 Å². The van der Waals surface area contributed by atoms with Crippen molar-refractivity contribution in [1.29, 1.82) is 0 Å². The third kappa shape index (κ3) is 4.22. The molecule has 2 unspecified atom stereocenters. The molecule has 0 aromatic rings. The van der Waals surface area contributed by atoms with E-state index in [1.54, 1.807) is 6.92 Å². The first-order valence-corrected chi connectivity index (χ1v) is 16.2. The van der Waals surface area contributed by atoms with Crippen molar-refractivity contribution in [3.63, 3.8) is 0 Å². The van der Waals surface area contributed by atoms with Crippen molar-refractivity contribution in [2.75, 3.05) is 26.4 Å². The van der Waals surface area contributed by atoms with Crippen LogP contribution in [0, 0.1) is 56.7 Å². The summed E-state index contributed by atoms with van der Waals surface area (Å²) in [6.45, 7) is 19.8. The van der Waals surface area contributed by atoms with Crippen molar-refractivity contribution in [1.82, 2.24) is 5.32 Å². The van der Waals surface area contributed by atoms with Gasteiger partial charge in [0, 0.05) is 24.3 Å². The largest absolute Gasteiger partial charge is 0.481 e. The number of fused-ring (bicyclic) bond motifs is 3. The van der Waals surface area contributed by atoms with E-state index < -0.39 is 11.9 Å². The summed E-state index contributed by atoms with van der Waals surface area (Å²) >= 11 is 0. The fourth-order valence-electron chi connectivity index (χ4n) is 11.5. The van der Waals surface area contributed by atoms with Gasteiger partial charge in [-0.05, 0) is 78.4 Å². The Kier molecular flexibility index (Phi) is 7.81. The van der Waals surface area contributed by atoms with Crippen LogP contribution in [0.5, 0.6) is 0 Å². The third-order valence-corrected chi connectivity index (χ3v) is 13.9. The molecule has 1 aliphatic heterocycles. The molecular weight excluding hydrogens is 516 g/mol. The molecule has 232 valence electrons. The van der Waals surface area contributed by atoms with Crippen LogP contribution in [0.25, 0.3) is 0 Å². The van der Waals surface area contributed by atoms with Crippen molar-refractivity contribution in [2.24, 2.45) is 62.4 Å². The molecule has 7 nitrogen and oxygen atoms in total. The van der Waals surface area contributed by atoms with Crippen LogP contribution in [0.1, 0.15) is 93.9 Å². The molecular formula is C34H56N2O5. The topological polar surface area (TPSA) is 111 Å². The van der Waals surface area contributed by atoms with Crippen LogP contribution < -0.4 is 11.1 Å². The maximum absolute atomic E-state index is 13.3. The molecule has 11 atom stereocenters. The number of carboxylic acid groups (broad SMARTS) is 1. The molecule has 0 aromatic heterocycles. The second kappa shape index (κ2) is 10.3.